The molecule has 0 aromatic rings. The fourth-order valence-corrected chi connectivity index (χ4v) is 2.87. The van der Waals surface area contributed by atoms with Gasteiger partial charge in [0, 0.05) is 22.0 Å². The molecule has 0 saturated carbocycles. The van der Waals surface area contributed by atoms with Gasteiger partial charge in [-0.2, -0.15) is 0 Å². The molecule has 1 aliphatic heterocycles. The summed E-state index contributed by atoms with van der Waals surface area (Å²) in [5.41, 5.74) is 0. The zero-order valence-corrected chi connectivity index (χ0v) is 9.44. The molecule has 3 nitrogen and oxygen atoms in total. The Labute approximate surface area is 76.5 Å². The summed E-state index contributed by atoms with van der Waals surface area (Å²) in [5.74, 6) is 1.38. The van der Waals surface area contributed by atoms with E-state index in [1.165, 1.54) is 0 Å². The van der Waals surface area contributed by atoms with E-state index >= 15 is 0 Å². The third-order valence-electron chi connectivity index (χ3n) is 1.49. The molecule has 12 heavy (non-hydrogen) atoms. The zero-order valence-electron chi connectivity index (χ0n) is 7.62. The van der Waals surface area contributed by atoms with Crippen LogP contribution >= 0.6 is 0 Å². The fraction of sp³-hybridized carbons (Fsp3) is 0.714. The average Bonchev–Trinajstić information content (AvgIpc) is 2.30. The second kappa shape index (κ2) is 3.72. The van der Waals surface area contributed by atoms with Gasteiger partial charge in [-0.1, -0.05) is 6.92 Å². The first-order valence-electron chi connectivity index (χ1n) is 3.94. The Hall–Kier alpha value is -0.133. The van der Waals surface area contributed by atoms with E-state index < -0.39 is 19.4 Å². The molecule has 0 amide bonds. The van der Waals surface area contributed by atoms with Gasteiger partial charge >= 0.3 is 8.56 Å². The largest absolute Gasteiger partial charge is 0.521 e. The van der Waals surface area contributed by atoms with Crippen molar-refractivity contribution in [3.63, 3.8) is 0 Å². The summed E-state index contributed by atoms with van der Waals surface area (Å²) < 4.78 is 22.0. The van der Waals surface area contributed by atoms with Gasteiger partial charge in [0.05, 0.1) is 6.61 Å². The van der Waals surface area contributed by atoms with Crippen LogP contribution < -0.4 is 0 Å². The van der Waals surface area contributed by atoms with Crippen LogP contribution in [0.25, 0.3) is 0 Å². The van der Waals surface area contributed by atoms with E-state index in [4.69, 9.17) is 8.85 Å². The van der Waals surface area contributed by atoms with Gasteiger partial charge in [-0.05, 0) is 13.1 Å². The van der Waals surface area contributed by atoms with Crippen LogP contribution in [0.15, 0.2) is 11.2 Å². The first-order valence-corrected chi connectivity index (χ1v) is 8.14. The van der Waals surface area contributed by atoms with Crippen LogP contribution in [-0.2, 0) is 19.7 Å². The Balaban J connectivity index is 2.57. The maximum atomic E-state index is 11.1. The van der Waals surface area contributed by atoms with Crippen molar-refractivity contribution in [2.75, 3.05) is 12.4 Å². The van der Waals surface area contributed by atoms with Crippen molar-refractivity contribution in [1.29, 1.82) is 0 Å². The molecule has 0 N–H and O–H groups in total. The minimum absolute atomic E-state index is 0.491. The lowest BCUT2D eigenvalue weighted by molar-refractivity contribution is 0.354. The van der Waals surface area contributed by atoms with Crippen molar-refractivity contribution in [3.8, 4) is 0 Å². The summed E-state index contributed by atoms with van der Waals surface area (Å²) in [5, 5.41) is 1.65. The monoisotopic (exact) mass is 206 g/mol. The predicted molar refractivity (Wildman–Crippen MR) is 51.3 cm³/mol. The lowest BCUT2D eigenvalue weighted by Crippen LogP contribution is -2.26. The molecule has 0 bridgehead atoms. The second-order valence-corrected chi connectivity index (χ2v) is 7.91. The summed E-state index contributed by atoms with van der Waals surface area (Å²) in [7, 11) is -2.78. The molecular weight excluding hydrogens is 192 g/mol. The summed E-state index contributed by atoms with van der Waals surface area (Å²) in [6, 6.07) is 0. The van der Waals surface area contributed by atoms with Gasteiger partial charge in [-0.3, -0.25) is 4.21 Å². The Bertz CT molecular complexity index is 225. The molecule has 0 spiro atoms. The number of rotatable bonds is 2. The molecule has 1 fully saturated rings. The first-order chi connectivity index (χ1) is 5.53. The van der Waals surface area contributed by atoms with Crippen LogP contribution in [0.1, 0.15) is 6.92 Å². The molecule has 70 valence electrons. The van der Waals surface area contributed by atoms with Crippen molar-refractivity contribution >= 4 is 19.4 Å². The number of hydrogen-bond acceptors (Lipinski definition) is 3. The summed E-state index contributed by atoms with van der Waals surface area (Å²) >= 11 is 0. The fourth-order valence-electron chi connectivity index (χ4n) is 0.908. The van der Waals surface area contributed by atoms with E-state index in [1.807, 2.05) is 20.0 Å². The van der Waals surface area contributed by atoms with Crippen molar-refractivity contribution in [2.24, 2.45) is 0 Å². The topological polar surface area (TPSA) is 35.5 Å². The van der Waals surface area contributed by atoms with Crippen molar-refractivity contribution in [2.45, 2.75) is 20.0 Å². The van der Waals surface area contributed by atoms with Crippen molar-refractivity contribution in [1.82, 2.24) is 0 Å². The van der Waals surface area contributed by atoms with Crippen LogP contribution in [0.2, 0.25) is 13.1 Å². The molecule has 1 rings (SSSR count). The lowest BCUT2D eigenvalue weighted by Gasteiger charge is -2.10. The van der Waals surface area contributed by atoms with Crippen molar-refractivity contribution < 1.29 is 13.1 Å². The van der Waals surface area contributed by atoms with Crippen LogP contribution in [0.5, 0.6) is 0 Å². The quantitative estimate of drug-likeness (QED) is 0.640. The predicted octanol–water partition coefficient (Wildman–Crippen LogP) is 1.34. The van der Waals surface area contributed by atoms with Gasteiger partial charge in [0.25, 0.3) is 0 Å². The van der Waals surface area contributed by atoms with Gasteiger partial charge in [0.2, 0.25) is 0 Å². The molecule has 1 saturated heterocycles. The summed E-state index contributed by atoms with van der Waals surface area (Å²) in [6.07, 6.45) is 0. The Morgan fingerprint density at radius 3 is 2.75 bits per heavy atom. The highest BCUT2D eigenvalue weighted by Crippen LogP contribution is 2.21. The third-order valence-corrected chi connectivity index (χ3v) is 4.17. The Kier molecular flexibility index (Phi) is 3.08. The van der Waals surface area contributed by atoms with Crippen molar-refractivity contribution in [3.05, 3.63) is 11.2 Å². The van der Waals surface area contributed by atoms with Crippen LogP contribution in [0.3, 0.4) is 0 Å². The second-order valence-electron chi connectivity index (χ2n) is 3.04. The van der Waals surface area contributed by atoms with Gasteiger partial charge < -0.3 is 8.85 Å². The minimum Gasteiger partial charge on any atom is -0.521 e. The van der Waals surface area contributed by atoms with Gasteiger partial charge in [-0.25, -0.2) is 0 Å². The van der Waals surface area contributed by atoms with Gasteiger partial charge in [0.15, 0.2) is 0 Å². The van der Waals surface area contributed by atoms with Crippen LogP contribution in [0.4, 0.5) is 0 Å². The molecular formula is C7H14O3SSi. The molecule has 0 radical (unpaired) electrons. The van der Waals surface area contributed by atoms with E-state index in [9.17, 15) is 4.21 Å². The number of hydrogen-bond donors (Lipinski definition) is 0. The highest BCUT2D eigenvalue weighted by atomic mass is 32.2. The normalized spacial score (nSPS) is 27.1. The summed E-state index contributed by atoms with van der Waals surface area (Å²) in [4.78, 5) is 0. The van der Waals surface area contributed by atoms with Crippen LogP contribution in [0, 0.1) is 0 Å². The van der Waals surface area contributed by atoms with Crippen LogP contribution in [-0.4, -0.2) is 25.1 Å². The molecule has 1 aliphatic rings. The van der Waals surface area contributed by atoms with E-state index in [0.29, 0.717) is 12.4 Å². The molecule has 1 heterocycles. The van der Waals surface area contributed by atoms with E-state index in [-0.39, 0.29) is 0 Å². The highest BCUT2D eigenvalue weighted by molar-refractivity contribution is 7.87. The Morgan fingerprint density at radius 2 is 2.33 bits per heavy atom. The third kappa shape index (κ3) is 2.73. The first kappa shape index (κ1) is 9.95. The Morgan fingerprint density at radius 1 is 1.67 bits per heavy atom. The average molecular weight is 206 g/mol. The molecule has 1 atom stereocenters. The molecule has 1 unspecified atom stereocenters. The van der Waals surface area contributed by atoms with E-state index in [0.717, 1.165) is 5.76 Å². The smallest absolute Gasteiger partial charge is 0.392 e. The molecule has 0 aliphatic carbocycles. The van der Waals surface area contributed by atoms with Gasteiger partial charge in [-0.15, -0.1) is 0 Å². The minimum atomic E-state index is -1.89. The molecule has 0 aromatic carbocycles. The standard InChI is InChI=1S/C7H14O3SSi/c1-4-11(8)6-7-5-9-12(2,3)10-7/h6H,4-5H2,1-3H3. The maximum absolute atomic E-state index is 11.1. The zero-order chi connectivity index (χ0) is 9.19. The maximum Gasteiger partial charge on any atom is 0.392 e. The van der Waals surface area contributed by atoms with E-state index in [1.54, 1.807) is 5.41 Å². The SMILES string of the molecule is CCS(=O)C=C1CO[Si](C)(C)O1. The summed E-state index contributed by atoms with van der Waals surface area (Å²) in [6.45, 7) is 6.32. The highest BCUT2D eigenvalue weighted by Gasteiger charge is 2.34. The van der Waals surface area contributed by atoms with Gasteiger partial charge in [0.1, 0.15) is 5.76 Å². The lowest BCUT2D eigenvalue weighted by atomic mass is 10.6. The molecule has 0 aromatic heterocycles. The molecule has 5 heteroatoms. The van der Waals surface area contributed by atoms with E-state index in [2.05, 4.69) is 0 Å².